The third-order valence-corrected chi connectivity index (χ3v) is 2.61. The lowest BCUT2D eigenvalue weighted by Gasteiger charge is -2.05. The number of nitrogens with one attached hydrogen (secondary N) is 1. The Bertz CT molecular complexity index is 577. The van der Waals surface area contributed by atoms with Crippen LogP contribution < -0.4 is 11.1 Å². The van der Waals surface area contributed by atoms with Crippen molar-refractivity contribution in [2.45, 2.75) is 6.54 Å². The summed E-state index contributed by atoms with van der Waals surface area (Å²) in [5.74, 6) is -0.903. The molecular formula is C13H14FN3O. The Balaban J connectivity index is 2.01. The Hall–Kier alpha value is -2.30. The first-order chi connectivity index (χ1) is 8.56. The van der Waals surface area contributed by atoms with Crippen LogP contribution in [0.4, 0.5) is 10.1 Å². The molecule has 0 radical (unpaired) electrons. The zero-order chi connectivity index (χ0) is 13.1. The molecule has 0 unspecified atom stereocenters. The molecule has 1 amide bonds. The number of aromatic nitrogens is 1. The van der Waals surface area contributed by atoms with Crippen LogP contribution in [0.3, 0.4) is 0 Å². The maximum atomic E-state index is 13.2. The summed E-state index contributed by atoms with van der Waals surface area (Å²) in [5, 5.41) is 2.72. The third kappa shape index (κ3) is 2.68. The van der Waals surface area contributed by atoms with Gasteiger partial charge in [0.15, 0.2) is 0 Å². The van der Waals surface area contributed by atoms with Gasteiger partial charge in [-0.05, 0) is 29.8 Å². The topological polar surface area (TPSA) is 60.0 Å². The Morgan fingerprint density at radius 3 is 2.83 bits per heavy atom. The van der Waals surface area contributed by atoms with Crippen LogP contribution in [0, 0.1) is 5.82 Å². The minimum Gasteiger partial charge on any atom is -0.396 e. The predicted octanol–water partition coefficient (Wildman–Crippen LogP) is 1.68. The van der Waals surface area contributed by atoms with E-state index < -0.39 is 5.82 Å². The molecule has 2 rings (SSSR count). The van der Waals surface area contributed by atoms with Gasteiger partial charge < -0.3 is 15.6 Å². The van der Waals surface area contributed by atoms with Crippen molar-refractivity contribution in [3.05, 3.63) is 53.6 Å². The lowest BCUT2D eigenvalue weighted by atomic mass is 10.2. The molecule has 4 nitrogen and oxygen atoms in total. The number of halogens is 1. The molecule has 0 aliphatic heterocycles. The number of carbonyl (C=O) groups is 1. The molecule has 0 spiro atoms. The van der Waals surface area contributed by atoms with Gasteiger partial charge in [0.1, 0.15) is 5.82 Å². The molecule has 0 saturated heterocycles. The van der Waals surface area contributed by atoms with E-state index in [1.54, 1.807) is 0 Å². The third-order valence-electron chi connectivity index (χ3n) is 2.61. The second-order valence-corrected chi connectivity index (χ2v) is 4.10. The molecule has 0 aliphatic rings. The molecule has 1 heterocycles. The minimum absolute atomic E-state index is 0.0367. The quantitative estimate of drug-likeness (QED) is 0.811. The first-order valence-corrected chi connectivity index (χ1v) is 5.50. The van der Waals surface area contributed by atoms with Crippen molar-refractivity contribution in [3.63, 3.8) is 0 Å². The van der Waals surface area contributed by atoms with Crippen LogP contribution in [0.5, 0.6) is 0 Å². The highest BCUT2D eigenvalue weighted by atomic mass is 19.1. The van der Waals surface area contributed by atoms with Crippen molar-refractivity contribution in [1.82, 2.24) is 9.88 Å². The van der Waals surface area contributed by atoms with E-state index in [1.807, 2.05) is 30.1 Å². The summed E-state index contributed by atoms with van der Waals surface area (Å²) in [4.78, 5) is 11.8. The highest BCUT2D eigenvalue weighted by molar-refractivity contribution is 5.94. The summed E-state index contributed by atoms with van der Waals surface area (Å²) in [6.07, 6.45) is 3.80. The lowest BCUT2D eigenvalue weighted by molar-refractivity contribution is 0.0950. The average molecular weight is 247 g/mol. The van der Waals surface area contributed by atoms with Gasteiger partial charge in [-0.2, -0.15) is 0 Å². The van der Waals surface area contributed by atoms with Crippen molar-refractivity contribution in [3.8, 4) is 0 Å². The normalized spacial score (nSPS) is 10.3. The highest BCUT2D eigenvalue weighted by Gasteiger charge is 2.08. The molecule has 94 valence electrons. The fourth-order valence-corrected chi connectivity index (χ4v) is 1.62. The summed E-state index contributed by atoms with van der Waals surface area (Å²) < 4.78 is 15.1. The average Bonchev–Trinajstić information content (AvgIpc) is 2.75. The van der Waals surface area contributed by atoms with Crippen LogP contribution in [-0.4, -0.2) is 10.5 Å². The number of rotatable bonds is 3. The number of anilines is 1. The van der Waals surface area contributed by atoms with Crippen LogP contribution in [0.2, 0.25) is 0 Å². The predicted molar refractivity (Wildman–Crippen MR) is 67.4 cm³/mol. The van der Waals surface area contributed by atoms with Gasteiger partial charge >= 0.3 is 0 Å². The molecule has 0 atom stereocenters. The number of benzene rings is 1. The van der Waals surface area contributed by atoms with E-state index in [9.17, 15) is 9.18 Å². The summed E-state index contributed by atoms with van der Waals surface area (Å²) in [6.45, 7) is 0.408. The van der Waals surface area contributed by atoms with Gasteiger partial charge in [-0.3, -0.25) is 4.79 Å². The summed E-state index contributed by atoms with van der Waals surface area (Å²) >= 11 is 0. The minimum atomic E-state index is -0.581. The second kappa shape index (κ2) is 4.91. The van der Waals surface area contributed by atoms with Crippen LogP contribution in [-0.2, 0) is 13.6 Å². The van der Waals surface area contributed by atoms with Crippen LogP contribution in [0.1, 0.15) is 15.9 Å². The fourth-order valence-electron chi connectivity index (χ4n) is 1.62. The summed E-state index contributed by atoms with van der Waals surface area (Å²) in [6, 6.07) is 5.92. The first-order valence-electron chi connectivity index (χ1n) is 5.50. The zero-order valence-corrected chi connectivity index (χ0v) is 9.98. The largest absolute Gasteiger partial charge is 0.396 e. The van der Waals surface area contributed by atoms with Gasteiger partial charge in [-0.15, -0.1) is 0 Å². The van der Waals surface area contributed by atoms with E-state index >= 15 is 0 Å². The fraction of sp³-hybridized carbons (Fsp3) is 0.154. The smallest absolute Gasteiger partial charge is 0.251 e. The molecular weight excluding hydrogens is 233 g/mol. The zero-order valence-electron chi connectivity index (χ0n) is 9.98. The van der Waals surface area contributed by atoms with Crippen LogP contribution >= 0.6 is 0 Å². The van der Waals surface area contributed by atoms with E-state index in [2.05, 4.69) is 5.32 Å². The second-order valence-electron chi connectivity index (χ2n) is 4.10. The van der Waals surface area contributed by atoms with E-state index in [0.29, 0.717) is 6.54 Å². The molecule has 2 aromatic rings. The summed E-state index contributed by atoms with van der Waals surface area (Å²) in [7, 11) is 1.90. The van der Waals surface area contributed by atoms with Gasteiger partial charge in [0, 0.05) is 31.5 Å². The van der Waals surface area contributed by atoms with Crippen molar-refractivity contribution in [1.29, 1.82) is 0 Å². The maximum Gasteiger partial charge on any atom is 0.251 e. The van der Waals surface area contributed by atoms with E-state index in [1.165, 1.54) is 12.1 Å². The Morgan fingerprint density at radius 1 is 1.44 bits per heavy atom. The van der Waals surface area contributed by atoms with E-state index in [4.69, 9.17) is 5.73 Å². The maximum absolute atomic E-state index is 13.2. The number of aryl methyl sites for hydroxylation is 1. The Labute approximate surface area is 104 Å². The molecule has 1 aromatic carbocycles. The first kappa shape index (κ1) is 12.2. The van der Waals surface area contributed by atoms with E-state index in [-0.39, 0.29) is 17.2 Å². The molecule has 1 aromatic heterocycles. The number of carbonyl (C=O) groups excluding carboxylic acids is 1. The molecule has 0 fully saturated rings. The van der Waals surface area contributed by atoms with Crippen molar-refractivity contribution < 1.29 is 9.18 Å². The van der Waals surface area contributed by atoms with Crippen LogP contribution in [0.15, 0.2) is 36.7 Å². The SMILES string of the molecule is Cn1ccc(CNC(=O)c2ccc(N)c(F)c2)c1. The number of amides is 1. The number of nitrogens with zero attached hydrogens (tertiary/aromatic N) is 1. The molecule has 0 saturated carbocycles. The Morgan fingerprint density at radius 2 is 2.22 bits per heavy atom. The van der Waals surface area contributed by atoms with Crippen LogP contribution in [0.25, 0.3) is 0 Å². The highest BCUT2D eigenvalue weighted by Crippen LogP contribution is 2.12. The number of hydrogen-bond donors (Lipinski definition) is 2. The Kier molecular flexibility index (Phi) is 3.32. The van der Waals surface area contributed by atoms with Gasteiger partial charge in [0.05, 0.1) is 5.69 Å². The molecule has 18 heavy (non-hydrogen) atoms. The molecule has 5 heteroatoms. The van der Waals surface area contributed by atoms with Gasteiger partial charge in [-0.25, -0.2) is 4.39 Å². The van der Waals surface area contributed by atoms with Crippen molar-refractivity contribution in [2.24, 2.45) is 7.05 Å². The molecule has 3 N–H and O–H groups in total. The number of nitrogen functional groups attached to an aromatic ring is 1. The standard InChI is InChI=1S/C13H14FN3O/c1-17-5-4-9(8-17)7-16-13(18)10-2-3-12(15)11(14)6-10/h2-6,8H,7,15H2,1H3,(H,16,18). The number of nitrogens with two attached hydrogens (primary N) is 1. The van der Waals surface area contributed by atoms with Gasteiger partial charge in [-0.1, -0.05) is 0 Å². The monoisotopic (exact) mass is 247 g/mol. The molecule has 0 bridgehead atoms. The number of hydrogen-bond acceptors (Lipinski definition) is 2. The summed E-state index contributed by atoms with van der Waals surface area (Å²) in [5.41, 5.74) is 6.63. The van der Waals surface area contributed by atoms with Gasteiger partial charge in [0.2, 0.25) is 0 Å². The molecule has 0 aliphatic carbocycles. The lowest BCUT2D eigenvalue weighted by Crippen LogP contribution is -2.22. The van der Waals surface area contributed by atoms with Gasteiger partial charge in [0.25, 0.3) is 5.91 Å². The van der Waals surface area contributed by atoms with E-state index in [0.717, 1.165) is 11.6 Å². The van der Waals surface area contributed by atoms with Crippen molar-refractivity contribution in [2.75, 3.05) is 5.73 Å². The van der Waals surface area contributed by atoms with Crippen molar-refractivity contribution >= 4 is 11.6 Å².